The first kappa shape index (κ1) is 18.4. The first-order chi connectivity index (χ1) is 14.3. The first-order valence-electron chi connectivity index (χ1n) is 10.5. The number of hydrogen-bond donors (Lipinski definition) is 1. The number of fused-ring (bicyclic) bond motifs is 1. The van der Waals surface area contributed by atoms with E-state index in [4.69, 9.17) is 4.98 Å². The Morgan fingerprint density at radius 3 is 2.72 bits per heavy atom. The molecular formula is C24H25N3OS. The number of carbonyl (C=O) groups is 1. The summed E-state index contributed by atoms with van der Waals surface area (Å²) >= 11 is 1.61. The van der Waals surface area contributed by atoms with Gasteiger partial charge in [0.2, 0.25) is 5.91 Å². The summed E-state index contributed by atoms with van der Waals surface area (Å²) in [5.74, 6) is 0.554. The van der Waals surface area contributed by atoms with Crippen LogP contribution in [0.15, 0.2) is 53.9 Å². The minimum Gasteiger partial charge on any atom is -0.332 e. The molecule has 0 spiro atoms. The molecule has 0 bridgehead atoms. The average Bonchev–Trinajstić information content (AvgIpc) is 3.41. The smallest absolute Gasteiger partial charge is 0.230 e. The van der Waals surface area contributed by atoms with Crippen molar-refractivity contribution in [2.75, 3.05) is 16.8 Å². The molecule has 2 heterocycles. The van der Waals surface area contributed by atoms with Crippen molar-refractivity contribution >= 4 is 33.8 Å². The van der Waals surface area contributed by atoms with Crippen molar-refractivity contribution in [2.24, 2.45) is 5.92 Å². The normalized spacial score (nSPS) is 16.6. The second-order valence-electron chi connectivity index (χ2n) is 7.95. The van der Waals surface area contributed by atoms with Gasteiger partial charge in [0.1, 0.15) is 0 Å². The van der Waals surface area contributed by atoms with Gasteiger partial charge in [0.15, 0.2) is 5.13 Å². The summed E-state index contributed by atoms with van der Waals surface area (Å²) in [6.45, 7) is 0.812. The molecule has 1 aromatic heterocycles. The summed E-state index contributed by atoms with van der Waals surface area (Å²) < 4.78 is 0. The van der Waals surface area contributed by atoms with Gasteiger partial charge in [-0.25, -0.2) is 4.98 Å². The molecule has 5 rings (SSSR count). The van der Waals surface area contributed by atoms with Gasteiger partial charge in [-0.15, -0.1) is 11.3 Å². The number of anilines is 3. The van der Waals surface area contributed by atoms with Crippen molar-refractivity contribution in [3.8, 4) is 11.3 Å². The third kappa shape index (κ3) is 3.79. The predicted molar refractivity (Wildman–Crippen MR) is 120 cm³/mol. The molecule has 148 valence electrons. The molecule has 4 nitrogen and oxygen atoms in total. The fourth-order valence-electron chi connectivity index (χ4n) is 4.47. The highest BCUT2D eigenvalue weighted by Crippen LogP contribution is 2.36. The van der Waals surface area contributed by atoms with E-state index in [9.17, 15) is 4.79 Å². The van der Waals surface area contributed by atoms with Crippen molar-refractivity contribution in [1.82, 2.24) is 4.98 Å². The van der Waals surface area contributed by atoms with Crippen LogP contribution in [0.1, 0.15) is 37.7 Å². The fraction of sp³-hybridized carbons (Fsp3) is 0.333. The predicted octanol–water partition coefficient (Wildman–Crippen LogP) is 6.02. The summed E-state index contributed by atoms with van der Waals surface area (Å²) in [5.41, 5.74) is 5.50. The standard InChI is InChI=1S/C24H25N3OS/c28-23(17-7-3-1-4-8-17)27-14-13-19-15-18(11-12-22(19)27)21-16-29-24(26-21)25-20-9-5-2-6-10-20/h2,5-6,9-12,15-17H,1,3-4,7-8,13-14H2,(H,25,26). The molecule has 1 N–H and O–H groups in total. The van der Waals surface area contributed by atoms with Crippen LogP contribution in [0.25, 0.3) is 11.3 Å². The number of nitrogens with one attached hydrogen (secondary N) is 1. The molecule has 3 aromatic rings. The molecule has 2 aliphatic rings. The Kier molecular flexibility index (Phi) is 5.06. The average molecular weight is 404 g/mol. The zero-order valence-electron chi connectivity index (χ0n) is 16.4. The molecule has 1 aliphatic heterocycles. The molecular weight excluding hydrogens is 378 g/mol. The number of hydrogen-bond acceptors (Lipinski definition) is 4. The first-order valence-corrected chi connectivity index (χ1v) is 11.4. The third-order valence-electron chi connectivity index (χ3n) is 6.02. The lowest BCUT2D eigenvalue weighted by molar-refractivity contribution is -0.123. The SMILES string of the molecule is O=C(C1CCCCC1)N1CCc2cc(-c3csc(Nc4ccccc4)n3)ccc21. The Balaban J connectivity index is 1.33. The Morgan fingerprint density at radius 2 is 1.90 bits per heavy atom. The molecule has 2 aromatic carbocycles. The summed E-state index contributed by atoms with van der Waals surface area (Å²) in [7, 11) is 0. The number of carbonyl (C=O) groups excluding carboxylic acids is 1. The topological polar surface area (TPSA) is 45.2 Å². The number of rotatable bonds is 4. The van der Waals surface area contributed by atoms with Crippen LogP contribution >= 0.6 is 11.3 Å². The van der Waals surface area contributed by atoms with Crippen LogP contribution in [0.2, 0.25) is 0 Å². The minimum absolute atomic E-state index is 0.222. The Bertz CT molecular complexity index is 1010. The largest absolute Gasteiger partial charge is 0.332 e. The zero-order chi connectivity index (χ0) is 19.6. The van der Waals surface area contributed by atoms with E-state index < -0.39 is 0 Å². The quantitative estimate of drug-likeness (QED) is 0.579. The molecule has 1 aliphatic carbocycles. The molecule has 0 saturated heterocycles. The zero-order valence-corrected chi connectivity index (χ0v) is 17.3. The number of amides is 1. The molecule has 5 heteroatoms. The molecule has 1 saturated carbocycles. The summed E-state index contributed by atoms with van der Waals surface area (Å²) in [4.78, 5) is 19.8. The van der Waals surface area contributed by atoms with Crippen molar-refractivity contribution in [3.05, 3.63) is 59.5 Å². The van der Waals surface area contributed by atoms with E-state index in [2.05, 4.69) is 28.9 Å². The minimum atomic E-state index is 0.222. The van der Waals surface area contributed by atoms with Crippen LogP contribution in [0.5, 0.6) is 0 Å². The monoisotopic (exact) mass is 403 g/mol. The summed E-state index contributed by atoms with van der Waals surface area (Å²) in [6.07, 6.45) is 6.70. The van der Waals surface area contributed by atoms with Gasteiger partial charge in [-0.1, -0.05) is 43.5 Å². The lowest BCUT2D eigenvalue weighted by Crippen LogP contribution is -2.35. The van der Waals surface area contributed by atoms with Gasteiger partial charge in [0.05, 0.1) is 5.69 Å². The van der Waals surface area contributed by atoms with Gasteiger partial charge in [-0.05, 0) is 49.1 Å². The van der Waals surface area contributed by atoms with Crippen LogP contribution in [0.3, 0.4) is 0 Å². The van der Waals surface area contributed by atoms with Crippen molar-refractivity contribution in [1.29, 1.82) is 0 Å². The highest BCUT2D eigenvalue weighted by Gasteiger charge is 2.31. The van der Waals surface area contributed by atoms with Gasteiger partial charge in [0, 0.05) is 34.8 Å². The van der Waals surface area contributed by atoms with Gasteiger partial charge >= 0.3 is 0 Å². The molecule has 1 amide bonds. The molecule has 0 radical (unpaired) electrons. The Morgan fingerprint density at radius 1 is 1.07 bits per heavy atom. The van der Waals surface area contributed by atoms with Crippen molar-refractivity contribution in [2.45, 2.75) is 38.5 Å². The van der Waals surface area contributed by atoms with Crippen LogP contribution in [-0.2, 0) is 11.2 Å². The van der Waals surface area contributed by atoms with E-state index in [0.717, 1.165) is 53.6 Å². The van der Waals surface area contributed by atoms with Crippen LogP contribution in [-0.4, -0.2) is 17.4 Å². The van der Waals surface area contributed by atoms with E-state index in [0.29, 0.717) is 5.91 Å². The highest BCUT2D eigenvalue weighted by atomic mass is 32.1. The fourth-order valence-corrected chi connectivity index (χ4v) is 5.21. The Labute approximate surface area is 175 Å². The maximum atomic E-state index is 13.0. The van der Waals surface area contributed by atoms with Gasteiger partial charge in [-0.3, -0.25) is 4.79 Å². The van der Waals surface area contributed by atoms with E-state index in [-0.39, 0.29) is 5.92 Å². The molecule has 1 fully saturated rings. The van der Waals surface area contributed by atoms with Crippen molar-refractivity contribution in [3.63, 3.8) is 0 Å². The summed E-state index contributed by atoms with van der Waals surface area (Å²) in [6, 6.07) is 16.5. The van der Waals surface area contributed by atoms with Crippen LogP contribution < -0.4 is 10.2 Å². The van der Waals surface area contributed by atoms with Gasteiger partial charge < -0.3 is 10.2 Å². The lowest BCUT2D eigenvalue weighted by Gasteiger charge is -2.26. The highest BCUT2D eigenvalue weighted by molar-refractivity contribution is 7.14. The second-order valence-corrected chi connectivity index (χ2v) is 8.81. The van der Waals surface area contributed by atoms with E-state index >= 15 is 0 Å². The number of benzene rings is 2. The number of aromatic nitrogens is 1. The van der Waals surface area contributed by atoms with E-state index in [1.165, 1.54) is 24.8 Å². The van der Waals surface area contributed by atoms with E-state index in [1.54, 1.807) is 11.3 Å². The summed E-state index contributed by atoms with van der Waals surface area (Å²) in [5, 5.41) is 6.34. The molecule has 29 heavy (non-hydrogen) atoms. The molecule has 0 unspecified atom stereocenters. The van der Waals surface area contributed by atoms with Crippen LogP contribution in [0, 0.1) is 5.92 Å². The van der Waals surface area contributed by atoms with Crippen LogP contribution in [0.4, 0.5) is 16.5 Å². The number of thiazole rings is 1. The number of nitrogens with zero attached hydrogens (tertiary/aromatic N) is 2. The van der Waals surface area contributed by atoms with Gasteiger partial charge in [0.25, 0.3) is 0 Å². The van der Waals surface area contributed by atoms with Crippen molar-refractivity contribution < 1.29 is 4.79 Å². The second kappa shape index (κ2) is 7.99. The maximum Gasteiger partial charge on any atom is 0.230 e. The maximum absolute atomic E-state index is 13.0. The van der Waals surface area contributed by atoms with E-state index in [1.807, 2.05) is 35.2 Å². The third-order valence-corrected chi connectivity index (χ3v) is 6.78. The molecule has 0 atom stereocenters. The lowest BCUT2D eigenvalue weighted by atomic mass is 9.88. The van der Waals surface area contributed by atoms with Gasteiger partial charge in [-0.2, -0.15) is 0 Å². The Hall–Kier alpha value is -2.66. The number of para-hydroxylation sites is 1.